The Bertz CT molecular complexity index is 2960. The molecule has 1 aromatic heterocycles. The molecule has 0 radical (unpaired) electrons. The van der Waals surface area contributed by atoms with Gasteiger partial charge >= 0.3 is 0 Å². The number of hydrogen-bond donors (Lipinski definition) is 0. The maximum Gasteiger partial charge on any atom is 0.152 e. The lowest BCUT2D eigenvalue weighted by atomic mass is 9.92. The van der Waals surface area contributed by atoms with E-state index in [0.717, 1.165) is 69.1 Å². The normalized spacial score (nSPS) is 12.0. The van der Waals surface area contributed by atoms with Crippen molar-refractivity contribution in [1.29, 1.82) is 0 Å². The van der Waals surface area contributed by atoms with Gasteiger partial charge in [0.2, 0.25) is 0 Å². The predicted molar refractivity (Wildman–Crippen MR) is 289 cm³/mol. The summed E-state index contributed by atoms with van der Waals surface area (Å²) in [5.41, 5.74) is 18.7. The minimum absolute atomic E-state index is 0.844. The zero-order chi connectivity index (χ0) is 47.0. The van der Waals surface area contributed by atoms with Crippen molar-refractivity contribution < 1.29 is 9.47 Å². The van der Waals surface area contributed by atoms with Gasteiger partial charge in [-0.25, -0.2) is 0 Å². The van der Waals surface area contributed by atoms with Gasteiger partial charge in [0.15, 0.2) is 11.5 Å². The number of aryl methyl sites for hydroxylation is 3. The van der Waals surface area contributed by atoms with Gasteiger partial charge in [-0.05, 0) is 157 Å². The Balaban J connectivity index is 1.13. The number of anilines is 3. The Kier molecular flexibility index (Phi) is 14.8. The molecule has 0 saturated heterocycles. The summed E-state index contributed by atoms with van der Waals surface area (Å²) in [5.74, 6) is 2.56. The van der Waals surface area contributed by atoms with E-state index in [4.69, 9.17) is 9.47 Å². The average Bonchev–Trinajstić information content (AvgIpc) is 3.68. The molecule has 7 aromatic carbocycles. The molecule has 0 aliphatic carbocycles. The summed E-state index contributed by atoms with van der Waals surface area (Å²) in [7, 11) is 1.72. The van der Waals surface area contributed by atoms with E-state index in [1.807, 2.05) is 6.07 Å². The lowest BCUT2D eigenvalue weighted by molar-refractivity contribution is 0.415. The molecule has 0 bridgehead atoms. The maximum absolute atomic E-state index is 6.80. The van der Waals surface area contributed by atoms with Gasteiger partial charge in [-0.2, -0.15) is 0 Å². The van der Waals surface area contributed by atoms with Gasteiger partial charge in [0, 0.05) is 11.4 Å². The van der Waals surface area contributed by atoms with Crippen molar-refractivity contribution in [2.45, 2.75) is 125 Å². The molecule has 0 spiro atoms. The van der Waals surface area contributed by atoms with E-state index in [0.29, 0.717) is 0 Å². The van der Waals surface area contributed by atoms with Gasteiger partial charge in [-0.3, -0.25) is 0 Å². The highest BCUT2D eigenvalue weighted by atomic mass is 16.5. The van der Waals surface area contributed by atoms with Crippen LogP contribution in [0.15, 0.2) is 146 Å². The molecule has 0 saturated carbocycles. The second-order valence-electron chi connectivity index (χ2n) is 19.3. The number of benzene rings is 7. The molecule has 0 N–H and O–H groups in total. The Labute approximate surface area is 406 Å². The quantitative estimate of drug-likeness (QED) is 0.0713. The van der Waals surface area contributed by atoms with Crippen LogP contribution in [0, 0.1) is 20.8 Å². The van der Waals surface area contributed by atoms with Gasteiger partial charge in [-0.15, -0.1) is 0 Å². The number of rotatable bonds is 20. The SMILES string of the molecule is CCCCCCCCc1c(CCCCCCCC)c(-c2ccc(-c3ccc4c(c3)Oc3cc(C)ccc3N4c3ccc4cc(OC)ccc4c3)cc2)n(-c2ccc(C)cc2)c1-c1ccc(C)cc1. The van der Waals surface area contributed by atoms with E-state index in [1.54, 1.807) is 7.11 Å². The van der Waals surface area contributed by atoms with Crippen LogP contribution in [-0.4, -0.2) is 11.7 Å². The van der Waals surface area contributed by atoms with E-state index in [-0.39, 0.29) is 0 Å². The van der Waals surface area contributed by atoms with Gasteiger partial charge in [0.25, 0.3) is 0 Å². The third-order valence-electron chi connectivity index (χ3n) is 14.1. The molecule has 4 nitrogen and oxygen atoms in total. The second kappa shape index (κ2) is 21.6. The van der Waals surface area contributed by atoms with Crippen molar-refractivity contribution in [3.8, 4) is 56.6 Å². The Morgan fingerprint density at radius 3 is 1.50 bits per heavy atom. The Morgan fingerprint density at radius 2 is 0.882 bits per heavy atom. The first-order chi connectivity index (χ1) is 33.3. The summed E-state index contributed by atoms with van der Waals surface area (Å²) >= 11 is 0. The lowest BCUT2D eigenvalue weighted by Crippen LogP contribution is -2.16. The number of methoxy groups -OCH3 is 1. The summed E-state index contributed by atoms with van der Waals surface area (Å²) in [4.78, 5) is 2.34. The van der Waals surface area contributed by atoms with Crippen molar-refractivity contribution in [2.24, 2.45) is 0 Å². The number of fused-ring (bicyclic) bond motifs is 3. The highest BCUT2D eigenvalue weighted by Gasteiger charge is 2.28. The zero-order valence-electron chi connectivity index (χ0n) is 41.5. The first-order valence-electron chi connectivity index (χ1n) is 25.6. The molecule has 0 unspecified atom stereocenters. The number of nitrogens with zero attached hydrogens (tertiary/aromatic N) is 2. The number of hydrogen-bond acceptors (Lipinski definition) is 3. The molecule has 0 atom stereocenters. The van der Waals surface area contributed by atoms with E-state index in [1.165, 1.54) is 133 Å². The zero-order valence-corrected chi connectivity index (χ0v) is 41.5. The Morgan fingerprint density at radius 1 is 0.412 bits per heavy atom. The molecule has 348 valence electrons. The fourth-order valence-corrected chi connectivity index (χ4v) is 10.3. The molecular formula is C64H70N2O2. The minimum atomic E-state index is 0.844. The molecule has 2 heterocycles. The van der Waals surface area contributed by atoms with E-state index in [2.05, 4.69) is 184 Å². The molecule has 4 heteroatoms. The van der Waals surface area contributed by atoms with Crippen molar-refractivity contribution in [2.75, 3.05) is 12.0 Å². The largest absolute Gasteiger partial charge is 0.497 e. The first kappa shape index (κ1) is 46.6. The molecule has 8 aromatic rings. The van der Waals surface area contributed by atoms with Crippen LogP contribution in [0.4, 0.5) is 17.1 Å². The molecule has 0 amide bonds. The van der Waals surface area contributed by atoms with E-state index in [9.17, 15) is 0 Å². The molecule has 9 rings (SSSR count). The molecule has 1 aliphatic heterocycles. The van der Waals surface area contributed by atoms with Crippen LogP contribution in [0.5, 0.6) is 17.2 Å². The van der Waals surface area contributed by atoms with E-state index >= 15 is 0 Å². The lowest BCUT2D eigenvalue weighted by Gasteiger charge is -2.33. The Hall–Kier alpha value is -6.52. The number of ether oxygens (including phenoxy) is 2. The fraction of sp³-hybridized carbons (Fsp3) is 0.312. The average molecular weight is 899 g/mol. The van der Waals surface area contributed by atoms with Crippen LogP contribution in [0.3, 0.4) is 0 Å². The van der Waals surface area contributed by atoms with Crippen LogP contribution < -0.4 is 14.4 Å². The van der Waals surface area contributed by atoms with E-state index < -0.39 is 0 Å². The van der Waals surface area contributed by atoms with Crippen molar-refractivity contribution in [1.82, 2.24) is 4.57 Å². The molecular weight excluding hydrogens is 829 g/mol. The smallest absolute Gasteiger partial charge is 0.152 e. The highest BCUT2D eigenvalue weighted by Crippen LogP contribution is 2.52. The summed E-state index contributed by atoms with van der Waals surface area (Å²) in [6.45, 7) is 11.1. The van der Waals surface area contributed by atoms with Crippen molar-refractivity contribution >= 4 is 27.8 Å². The minimum Gasteiger partial charge on any atom is -0.497 e. The van der Waals surface area contributed by atoms with Crippen LogP contribution in [0.2, 0.25) is 0 Å². The number of unbranched alkanes of at least 4 members (excludes halogenated alkanes) is 10. The summed E-state index contributed by atoms with van der Waals surface area (Å²) < 4.78 is 15.0. The highest BCUT2D eigenvalue weighted by molar-refractivity contribution is 5.94. The third kappa shape index (κ3) is 10.2. The monoisotopic (exact) mass is 899 g/mol. The topological polar surface area (TPSA) is 26.6 Å². The molecule has 0 fully saturated rings. The van der Waals surface area contributed by atoms with Gasteiger partial charge in [0.1, 0.15) is 5.75 Å². The standard InChI is InChI=1S/C64H70N2O2/c1-7-9-11-13-15-17-19-57-58(20-18-16-14-12-10-8-2)64(66(54-35-23-46(4)24-36-54)63(57)49-26-21-45(3)22-27-49)50-30-28-48(29-31-50)53-34-40-60-62(44-53)68-61-41-47(5)25-39-59(61)65(60)55-37-32-52-43-56(67-6)38-33-51(52)42-55/h21-44H,7-20H2,1-6H3. The van der Waals surface area contributed by atoms with Gasteiger partial charge < -0.3 is 18.9 Å². The van der Waals surface area contributed by atoms with Crippen molar-refractivity contribution in [3.05, 3.63) is 173 Å². The first-order valence-corrected chi connectivity index (χ1v) is 25.6. The predicted octanol–water partition coefficient (Wildman–Crippen LogP) is 18.9. The second-order valence-corrected chi connectivity index (χ2v) is 19.3. The number of aromatic nitrogens is 1. The molecule has 68 heavy (non-hydrogen) atoms. The van der Waals surface area contributed by atoms with Crippen LogP contribution in [0.1, 0.15) is 119 Å². The summed E-state index contributed by atoms with van der Waals surface area (Å²) in [5, 5.41) is 2.30. The fourth-order valence-electron chi connectivity index (χ4n) is 10.3. The molecule has 1 aliphatic rings. The third-order valence-corrected chi connectivity index (χ3v) is 14.1. The summed E-state index contributed by atoms with van der Waals surface area (Å²) in [6, 6.07) is 54.0. The van der Waals surface area contributed by atoms with Crippen molar-refractivity contribution in [3.63, 3.8) is 0 Å². The van der Waals surface area contributed by atoms with Crippen LogP contribution >= 0.6 is 0 Å². The summed E-state index contributed by atoms with van der Waals surface area (Å²) in [6.07, 6.45) is 17.6. The van der Waals surface area contributed by atoms with Crippen LogP contribution in [-0.2, 0) is 12.8 Å². The van der Waals surface area contributed by atoms with Crippen LogP contribution in [0.25, 0.3) is 50.1 Å². The van der Waals surface area contributed by atoms with Gasteiger partial charge in [0.05, 0.1) is 29.9 Å². The van der Waals surface area contributed by atoms with Gasteiger partial charge in [-0.1, -0.05) is 174 Å². The maximum atomic E-state index is 6.80.